The van der Waals surface area contributed by atoms with E-state index in [2.05, 4.69) is 32.0 Å². The number of rotatable bonds is 2. The summed E-state index contributed by atoms with van der Waals surface area (Å²) < 4.78 is 6.09. The lowest BCUT2D eigenvalue weighted by molar-refractivity contribution is 0.163. The van der Waals surface area contributed by atoms with E-state index in [1.165, 1.54) is 30.4 Å². The number of hydrogen-bond donors (Lipinski definition) is 0. The van der Waals surface area contributed by atoms with Gasteiger partial charge in [-0.2, -0.15) is 0 Å². The van der Waals surface area contributed by atoms with Gasteiger partial charge in [0.1, 0.15) is 11.9 Å². The zero-order valence-corrected chi connectivity index (χ0v) is 12.6. The summed E-state index contributed by atoms with van der Waals surface area (Å²) in [6.45, 7) is 4.49. The highest BCUT2D eigenvalue weighted by Crippen LogP contribution is 2.38. The molecule has 19 heavy (non-hydrogen) atoms. The van der Waals surface area contributed by atoms with Crippen molar-refractivity contribution in [2.75, 3.05) is 0 Å². The average molecular weight is 279 g/mol. The van der Waals surface area contributed by atoms with Crippen molar-refractivity contribution in [1.82, 2.24) is 0 Å². The zero-order chi connectivity index (χ0) is 13.4. The fourth-order valence-electron chi connectivity index (χ4n) is 3.62. The van der Waals surface area contributed by atoms with Crippen molar-refractivity contribution >= 4 is 11.6 Å². The number of ether oxygens (including phenoxy) is 1. The van der Waals surface area contributed by atoms with Gasteiger partial charge in [0, 0.05) is 11.8 Å². The van der Waals surface area contributed by atoms with Crippen LogP contribution in [0.25, 0.3) is 0 Å². The molecule has 4 unspecified atom stereocenters. The van der Waals surface area contributed by atoms with Crippen molar-refractivity contribution in [2.24, 2.45) is 11.8 Å². The molecule has 1 aromatic carbocycles. The van der Waals surface area contributed by atoms with Crippen LogP contribution in [0.1, 0.15) is 43.7 Å². The molecule has 2 aliphatic rings. The van der Waals surface area contributed by atoms with Gasteiger partial charge in [0.05, 0.1) is 0 Å². The molecule has 1 heterocycles. The molecule has 0 spiro atoms. The summed E-state index contributed by atoms with van der Waals surface area (Å²) >= 11 is 6.51. The van der Waals surface area contributed by atoms with Crippen LogP contribution in [0.4, 0.5) is 0 Å². The summed E-state index contributed by atoms with van der Waals surface area (Å²) in [5.41, 5.74) is 2.70. The lowest BCUT2D eigenvalue weighted by Gasteiger charge is -2.32. The fraction of sp³-hybridized carbons (Fsp3) is 0.647. The maximum atomic E-state index is 6.51. The van der Waals surface area contributed by atoms with Gasteiger partial charge in [-0.05, 0) is 56.1 Å². The molecule has 0 amide bonds. The summed E-state index contributed by atoms with van der Waals surface area (Å²) in [6, 6.07) is 6.51. The first-order chi connectivity index (χ1) is 9.11. The molecule has 0 N–H and O–H groups in total. The SMILES string of the molecule is Cc1ccc2c(c1)CC(CC1CC(C)CCC1Cl)O2. The predicted molar refractivity (Wildman–Crippen MR) is 80.1 cm³/mol. The van der Waals surface area contributed by atoms with E-state index >= 15 is 0 Å². The smallest absolute Gasteiger partial charge is 0.123 e. The lowest BCUT2D eigenvalue weighted by atomic mass is 9.79. The quantitative estimate of drug-likeness (QED) is 0.711. The van der Waals surface area contributed by atoms with Crippen LogP contribution in [-0.2, 0) is 6.42 Å². The Morgan fingerprint density at radius 3 is 3.00 bits per heavy atom. The molecule has 1 aliphatic carbocycles. The van der Waals surface area contributed by atoms with Gasteiger partial charge in [-0.3, -0.25) is 0 Å². The fourth-order valence-corrected chi connectivity index (χ4v) is 3.96. The van der Waals surface area contributed by atoms with Crippen LogP contribution in [0.5, 0.6) is 5.75 Å². The first-order valence-electron chi connectivity index (χ1n) is 7.52. The van der Waals surface area contributed by atoms with Crippen LogP contribution < -0.4 is 4.74 Å². The Kier molecular flexibility index (Phi) is 3.75. The average Bonchev–Trinajstić information content (AvgIpc) is 2.75. The molecular weight excluding hydrogens is 256 g/mol. The normalized spacial score (nSPS) is 33.8. The molecule has 1 fully saturated rings. The zero-order valence-electron chi connectivity index (χ0n) is 11.9. The Bertz CT molecular complexity index is 457. The van der Waals surface area contributed by atoms with Crippen molar-refractivity contribution < 1.29 is 4.74 Å². The van der Waals surface area contributed by atoms with Crippen LogP contribution in [0, 0.1) is 18.8 Å². The van der Waals surface area contributed by atoms with Gasteiger partial charge in [-0.1, -0.05) is 24.6 Å². The predicted octanol–water partition coefficient (Wildman–Crippen LogP) is 4.73. The van der Waals surface area contributed by atoms with E-state index in [4.69, 9.17) is 16.3 Å². The highest BCUT2D eigenvalue weighted by Gasteiger charge is 2.32. The van der Waals surface area contributed by atoms with Crippen molar-refractivity contribution in [3.05, 3.63) is 29.3 Å². The van der Waals surface area contributed by atoms with Crippen molar-refractivity contribution in [1.29, 1.82) is 0 Å². The second-order valence-corrected chi connectivity index (χ2v) is 7.05. The van der Waals surface area contributed by atoms with Gasteiger partial charge in [0.25, 0.3) is 0 Å². The van der Waals surface area contributed by atoms with E-state index in [1.807, 2.05) is 0 Å². The molecular formula is C17H23ClO. The highest BCUT2D eigenvalue weighted by atomic mass is 35.5. The van der Waals surface area contributed by atoms with E-state index in [9.17, 15) is 0 Å². The largest absolute Gasteiger partial charge is 0.490 e. The molecule has 1 saturated carbocycles. The Morgan fingerprint density at radius 2 is 2.16 bits per heavy atom. The van der Waals surface area contributed by atoms with Crippen LogP contribution in [-0.4, -0.2) is 11.5 Å². The van der Waals surface area contributed by atoms with Gasteiger partial charge < -0.3 is 4.74 Å². The Labute approximate surface area is 121 Å². The number of aryl methyl sites for hydroxylation is 1. The van der Waals surface area contributed by atoms with Gasteiger partial charge in [-0.15, -0.1) is 11.6 Å². The molecule has 0 radical (unpaired) electrons. The minimum Gasteiger partial charge on any atom is -0.490 e. The van der Waals surface area contributed by atoms with Gasteiger partial charge >= 0.3 is 0 Å². The van der Waals surface area contributed by atoms with Crippen LogP contribution >= 0.6 is 11.6 Å². The topological polar surface area (TPSA) is 9.23 Å². The molecule has 1 aromatic rings. The number of benzene rings is 1. The van der Waals surface area contributed by atoms with E-state index in [1.54, 1.807) is 0 Å². The van der Waals surface area contributed by atoms with E-state index < -0.39 is 0 Å². The third kappa shape index (κ3) is 2.91. The van der Waals surface area contributed by atoms with Crippen LogP contribution in [0.3, 0.4) is 0 Å². The molecule has 0 saturated heterocycles. The molecule has 0 aromatic heterocycles. The molecule has 1 aliphatic heterocycles. The van der Waals surface area contributed by atoms with Gasteiger partial charge in [0.2, 0.25) is 0 Å². The minimum absolute atomic E-state index is 0.341. The van der Waals surface area contributed by atoms with Gasteiger partial charge in [0.15, 0.2) is 0 Å². The Balaban J connectivity index is 1.63. The standard InChI is InChI=1S/C17H23ClO/c1-11-3-5-16(18)13(7-11)9-15-10-14-8-12(2)4-6-17(14)19-15/h4,6,8,11,13,15-16H,3,5,7,9-10H2,1-2H3. The van der Waals surface area contributed by atoms with Crippen LogP contribution in [0.2, 0.25) is 0 Å². The summed E-state index contributed by atoms with van der Waals surface area (Å²) in [4.78, 5) is 0. The monoisotopic (exact) mass is 278 g/mol. The van der Waals surface area contributed by atoms with E-state index in [0.29, 0.717) is 17.4 Å². The second-order valence-electron chi connectivity index (χ2n) is 6.49. The van der Waals surface area contributed by atoms with Crippen molar-refractivity contribution in [3.63, 3.8) is 0 Å². The summed E-state index contributed by atoms with van der Waals surface area (Å²) in [6.07, 6.45) is 6.25. The van der Waals surface area contributed by atoms with Crippen molar-refractivity contribution in [3.8, 4) is 5.75 Å². The number of fused-ring (bicyclic) bond motifs is 1. The summed E-state index contributed by atoms with van der Waals surface area (Å²) in [5.74, 6) is 2.54. The second kappa shape index (κ2) is 5.36. The molecule has 0 bridgehead atoms. The third-order valence-electron chi connectivity index (χ3n) is 4.67. The number of halogens is 1. The maximum absolute atomic E-state index is 6.51. The Hall–Kier alpha value is -0.690. The van der Waals surface area contributed by atoms with Gasteiger partial charge in [-0.25, -0.2) is 0 Å². The van der Waals surface area contributed by atoms with Crippen molar-refractivity contribution in [2.45, 2.75) is 57.4 Å². The maximum Gasteiger partial charge on any atom is 0.123 e. The lowest BCUT2D eigenvalue weighted by Crippen LogP contribution is -2.29. The first-order valence-corrected chi connectivity index (χ1v) is 7.95. The molecule has 1 nitrogen and oxygen atoms in total. The number of alkyl halides is 1. The molecule has 3 rings (SSSR count). The van der Waals surface area contributed by atoms with E-state index in [-0.39, 0.29) is 0 Å². The third-order valence-corrected chi connectivity index (χ3v) is 5.25. The first kappa shape index (κ1) is 13.3. The molecule has 4 atom stereocenters. The minimum atomic E-state index is 0.341. The molecule has 104 valence electrons. The summed E-state index contributed by atoms with van der Waals surface area (Å²) in [7, 11) is 0. The Morgan fingerprint density at radius 1 is 1.32 bits per heavy atom. The molecule has 2 heteroatoms. The highest BCUT2D eigenvalue weighted by molar-refractivity contribution is 6.20. The summed E-state index contributed by atoms with van der Waals surface area (Å²) in [5, 5.41) is 0.352. The van der Waals surface area contributed by atoms with Crippen LogP contribution in [0.15, 0.2) is 18.2 Å². The van der Waals surface area contributed by atoms with E-state index in [0.717, 1.165) is 24.5 Å². The number of hydrogen-bond acceptors (Lipinski definition) is 1.